The quantitative estimate of drug-likeness (QED) is 0.676. The molecule has 7 rings (SSSR count). The molecule has 36 heavy (non-hydrogen) atoms. The molecule has 1 aromatic carbocycles. The summed E-state index contributed by atoms with van der Waals surface area (Å²) >= 11 is 0. The van der Waals surface area contributed by atoms with E-state index in [-0.39, 0.29) is 11.6 Å². The van der Waals surface area contributed by atoms with E-state index in [1.807, 2.05) is 28.8 Å². The zero-order valence-electron chi connectivity index (χ0n) is 21.1. The largest absolute Gasteiger partial charge is 0.480 e. The van der Waals surface area contributed by atoms with Crippen LogP contribution in [0.25, 0.3) is 11.0 Å². The molecular formula is C29H38N4O3. The Hall–Kier alpha value is -2.41. The highest BCUT2D eigenvalue weighted by Crippen LogP contribution is 2.47. The van der Waals surface area contributed by atoms with Crippen LogP contribution >= 0.6 is 0 Å². The fourth-order valence-corrected chi connectivity index (χ4v) is 8.72. The van der Waals surface area contributed by atoms with E-state index >= 15 is 0 Å². The Morgan fingerprint density at radius 2 is 1.53 bits per heavy atom. The van der Waals surface area contributed by atoms with Crippen molar-refractivity contribution in [1.29, 1.82) is 0 Å². The number of benzene rings is 1. The first-order chi connectivity index (χ1) is 17.6. The van der Waals surface area contributed by atoms with Crippen LogP contribution in [0, 0.1) is 11.8 Å². The van der Waals surface area contributed by atoms with E-state index in [1.165, 1.54) is 57.8 Å². The number of hydrogen-bond acceptors (Lipinski definition) is 5. The predicted octanol–water partition coefficient (Wildman–Crippen LogP) is 4.59. The van der Waals surface area contributed by atoms with Crippen LogP contribution in [0.1, 0.15) is 83.1 Å². The number of rotatable bonds is 4. The standard InChI is InChI=1S/C29H38N4O3/c34-28-27(31-12-11-26(31)29(35)36)30-24-9-1-2-10-25(24)33(28)23-16-20-7-4-8-21(17-23)32(20)22-14-18-5-3-6-19(13-18)15-22/h1-2,9-10,18-23,26H,3-8,11-17H2,(H,35,36). The van der Waals surface area contributed by atoms with Gasteiger partial charge in [-0.2, -0.15) is 0 Å². The van der Waals surface area contributed by atoms with Gasteiger partial charge in [0.25, 0.3) is 5.56 Å². The number of fused-ring (bicyclic) bond motifs is 5. The predicted molar refractivity (Wildman–Crippen MR) is 139 cm³/mol. The molecule has 5 unspecified atom stereocenters. The highest BCUT2D eigenvalue weighted by Gasteiger charge is 2.46. The highest BCUT2D eigenvalue weighted by molar-refractivity contribution is 5.81. The first-order valence-corrected chi connectivity index (χ1v) is 14.3. The van der Waals surface area contributed by atoms with Crippen molar-refractivity contribution >= 4 is 22.8 Å². The molecular weight excluding hydrogens is 452 g/mol. The van der Waals surface area contributed by atoms with Crippen LogP contribution in [0.15, 0.2) is 29.1 Å². The fraction of sp³-hybridized carbons (Fsp3) is 0.690. The van der Waals surface area contributed by atoms with E-state index in [0.717, 1.165) is 41.8 Å². The third-order valence-electron chi connectivity index (χ3n) is 10.2. The van der Waals surface area contributed by atoms with Crippen molar-refractivity contribution in [3.8, 4) is 0 Å². The number of carboxylic acids is 1. The van der Waals surface area contributed by atoms with Gasteiger partial charge in [0.15, 0.2) is 5.82 Å². The molecule has 0 radical (unpaired) electrons. The molecule has 1 N–H and O–H groups in total. The molecule has 2 saturated carbocycles. The molecule has 0 spiro atoms. The number of para-hydroxylation sites is 2. The summed E-state index contributed by atoms with van der Waals surface area (Å²) < 4.78 is 2.01. The zero-order valence-corrected chi connectivity index (χ0v) is 21.1. The summed E-state index contributed by atoms with van der Waals surface area (Å²) in [6, 6.07) is 9.23. The maximum atomic E-state index is 14.0. The van der Waals surface area contributed by atoms with Gasteiger partial charge in [-0.15, -0.1) is 0 Å². The normalized spacial score (nSPS) is 36.4. The summed E-state index contributed by atoms with van der Waals surface area (Å²) in [5.41, 5.74) is 1.57. The molecule has 7 nitrogen and oxygen atoms in total. The summed E-state index contributed by atoms with van der Waals surface area (Å²) in [6.07, 6.45) is 14.8. The molecule has 0 amide bonds. The van der Waals surface area contributed by atoms with Crippen molar-refractivity contribution in [2.24, 2.45) is 11.8 Å². The van der Waals surface area contributed by atoms with Crippen molar-refractivity contribution in [3.63, 3.8) is 0 Å². The molecule has 192 valence electrons. The summed E-state index contributed by atoms with van der Waals surface area (Å²) in [4.78, 5) is 35.0. The lowest BCUT2D eigenvalue weighted by atomic mass is 9.68. The Morgan fingerprint density at radius 1 is 0.833 bits per heavy atom. The third-order valence-corrected chi connectivity index (χ3v) is 10.2. The average molecular weight is 491 g/mol. The van der Waals surface area contributed by atoms with E-state index in [1.54, 1.807) is 4.90 Å². The minimum Gasteiger partial charge on any atom is -0.480 e. The van der Waals surface area contributed by atoms with Crippen molar-refractivity contribution in [1.82, 2.24) is 14.5 Å². The second-order valence-electron chi connectivity index (χ2n) is 12.3. The smallest absolute Gasteiger partial charge is 0.326 e. The van der Waals surface area contributed by atoms with Gasteiger partial charge in [-0.25, -0.2) is 9.78 Å². The minimum absolute atomic E-state index is 0.108. The summed E-state index contributed by atoms with van der Waals surface area (Å²) in [5, 5.41) is 9.62. The molecule has 4 heterocycles. The van der Waals surface area contributed by atoms with Gasteiger partial charge >= 0.3 is 5.97 Å². The molecule has 5 fully saturated rings. The second kappa shape index (κ2) is 8.86. The summed E-state index contributed by atoms with van der Waals surface area (Å²) in [6.45, 7) is 0.575. The molecule has 3 aliphatic heterocycles. The number of piperidine rings is 2. The Balaban J connectivity index is 1.23. The maximum Gasteiger partial charge on any atom is 0.326 e. The van der Waals surface area contributed by atoms with Gasteiger partial charge in [0.2, 0.25) is 0 Å². The topological polar surface area (TPSA) is 78.7 Å². The highest BCUT2D eigenvalue weighted by atomic mass is 16.4. The Kier molecular flexibility index (Phi) is 5.60. The average Bonchev–Trinajstić information content (AvgIpc) is 2.82. The van der Waals surface area contributed by atoms with Gasteiger partial charge in [-0.1, -0.05) is 37.8 Å². The van der Waals surface area contributed by atoms with Gasteiger partial charge in [-0.3, -0.25) is 9.69 Å². The molecule has 5 aliphatic rings. The Labute approximate surface area is 212 Å². The van der Waals surface area contributed by atoms with Crippen LogP contribution in [-0.2, 0) is 4.79 Å². The van der Waals surface area contributed by atoms with E-state index in [4.69, 9.17) is 4.98 Å². The molecule has 5 atom stereocenters. The van der Waals surface area contributed by atoms with Gasteiger partial charge in [0.1, 0.15) is 6.04 Å². The molecule has 3 saturated heterocycles. The Morgan fingerprint density at radius 3 is 2.19 bits per heavy atom. The summed E-state index contributed by atoms with van der Waals surface area (Å²) in [5.74, 6) is 1.30. The van der Waals surface area contributed by atoms with E-state index in [9.17, 15) is 14.7 Å². The van der Waals surface area contributed by atoms with Crippen LogP contribution in [0.2, 0.25) is 0 Å². The maximum absolute atomic E-state index is 14.0. The molecule has 2 aromatic rings. The molecule has 4 bridgehead atoms. The first-order valence-electron chi connectivity index (χ1n) is 14.3. The number of aliphatic carboxylic acids is 1. The van der Waals surface area contributed by atoms with Gasteiger partial charge < -0.3 is 14.6 Å². The van der Waals surface area contributed by atoms with E-state index in [0.29, 0.717) is 30.9 Å². The molecule has 2 aliphatic carbocycles. The molecule has 7 heteroatoms. The van der Waals surface area contributed by atoms with Crippen molar-refractivity contribution < 1.29 is 9.90 Å². The first kappa shape index (κ1) is 22.8. The number of carbonyl (C=O) groups is 1. The van der Waals surface area contributed by atoms with Crippen LogP contribution in [-0.4, -0.2) is 56.2 Å². The van der Waals surface area contributed by atoms with Crippen LogP contribution in [0.3, 0.4) is 0 Å². The SMILES string of the molecule is O=C(O)C1CCN1c1nc2ccccc2n(C2CC3CCCC(C2)N3C2CC3CCCC(C3)C2)c1=O. The minimum atomic E-state index is -0.873. The lowest BCUT2D eigenvalue weighted by molar-refractivity contribution is -0.140. The number of aromatic nitrogens is 2. The number of anilines is 1. The van der Waals surface area contributed by atoms with E-state index < -0.39 is 12.0 Å². The third kappa shape index (κ3) is 3.68. The monoisotopic (exact) mass is 490 g/mol. The Bertz CT molecular complexity index is 1200. The second-order valence-corrected chi connectivity index (χ2v) is 12.3. The van der Waals surface area contributed by atoms with Gasteiger partial charge in [0, 0.05) is 30.7 Å². The molecule has 1 aromatic heterocycles. The van der Waals surface area contributed by atoms with Crippen LogP contribution < -0.4 is 10.5 Å². The van der Waals surface area contributed by atoms with Crippen molar-refractivity contribution in [2.45, 2.75) is 107 Å². The fourth-order valence-electron chi connectivity index (χ4n) is 8.72. The number of hydrogen-bond donors (Lipinski definition) is 1. The zero-order chi connectivity index (χ0) is 24.4. The summed E-state index contributed by atoms with van der Waals surface area (Å²) in [7, 11) is 0. The number of nitrogens with zero attached hydrogens (tertiary/aromatic N) is 4. The van der Waals surface area contributed by atoms with E-state index in [2.05, 4.69) is 4.90 Å². The van der Waals surface area contributed by atoms with Gasteiger partial charge in [-0.05, 0) is 75.3 Å². The van der Waals surface area contributed by atoms with Crippen molar-refractivity contribution in [3.05, 3.63) is 34.6 Å². The lowest BCUT2D eigenvalue weighted by Crippen LogP contribution is -2.59. The van der Waals surface area contributed by atoms with Crippen LogP contribution in [0.4, 0.5) is 5.82 Å². The lowest BCUT2D eigenvalue weighted by Gasteiger charge is -2.55. The van der Waals surface area contributed by atoms with Crippen molar-refractivity contribution in [2.75, 3.05) is 11.4 Å². The van der Waals surface area contributed by atoms with Gasteiger partial charge in [0.05, 0.1) is 11.0 Å². The number of carboxylic acid groups (broad SMARTS) is 1. The van der Waals surface area contributed by atoms with Crippen LogP contribution in [0.5, 0.6) is 0 Å².